The van der Waals surface area contributed by atoms with Crippen molar-refractivity contribution in [1.82, 2.24) is 5.43 Å². The van der Waals surface area contributed by atoms with E-state index in [1.54, 1.807) is 11.8 Å². The maximum absolute atomic E-state index is 13.9. The minimum atomic E-state index is -0.757. The fraction of sp³-hybridized carbons (Fsp3) is 0.200. The molecule has 0 saturated heterocycles. The van der Waals surface area contributed by atoms with Gasteiger partial charge in [0.25, 0.3) is 0 Å². The average molecular weight is 308 g/mol. The van der Waals surface area contributed by atoms with E-state index in [2.05, 4.69) is 5.43 Å². The maximum Gasteiger partial charge on any atom is 0.133 e. The highest BCUT2D eigenvalue weighted by Gasteiger charge is 2.32. The largest absolute Gasteiger partial charge is 0.486 e. The summed E-state index contributed by atoms with van der Waals surface area (Å²) in [5.74, 6) is 5.51. The first-order valence-electron chi connectivity index (χ1n) is 6.49. The quantitative estimate of drug-likeness (QED) is 0.676. The van der Waals surface area contributed by atoms with Crippen molar-refractivity contribution in [2.24, 2.45) is 5.84 Å². The average Bonchev–Trinajstić information content (AvgIpc) is 2.50. The second kappa shape index (κ2) is 6.01. The van der Waals surface area contributed by atoms with Crippen LogP contribution in [0.1, 0.15) is 11.6 Å². The second-order valence-corrected chi connectivity index (χ2v) is 5.76. The van der Waals surface area contributed by atoms with Gasteiger partial charge in [0.05, 0.1) is 6.04 Å². The molecule has 1 aliphatic rings. The van der Waals surface area contributed by atoms with E-state index in [-0.39, 0.29) is 5.56 Å². The topological polar surface area (TPSA) is 47.3 Å². The first-order chi connectivity index (χ1) is 10.2. The van der Waals surface area contributed by atoms with Crippen LogP contribution >= 0.6 is 11.8 Å². The highest BCUT2D eigenvalue weighted by molar-refractivity contribution is 7.99. The molecule has 2 unspecified atom stereocenters. The van der Waals surface area contributed by atoms with Gasteiger partial charge in [0.15, 0.2) is 0 Å². The van der Waals surface area contributed by atoms with E-state index < -0.39 is 23.8 Å². The van der Waals surface area contributed by atoms with Crippen molar-refractivity contribution in [2.75, 3.05) is 5.75 Å². The number of rotatable bonds is 3. The Kier molecular flexibility index (Phi) is 4.10. The molecule has 3 nitrogen and oxygen atoms in total. The molecule has 0 amide bonds. The van der Waals surface area contributed by atoms with E-state index in [9.17, 15) is 8.78 Å². The van der Waals surface area contributed by atoms with Crippen molar-refractivity contribution < 1.29 is 13.5 Å². The summed E-state index contributed by atoms with van der Waals surface area (Å²) in [6.45, 7) is 0. The highest BCUT2D eigenvalue weighted by Crippen LogP contribution is 2.38. The van der Waals surface area contributed by atoms with Crippen molar-refractivity contribution >= 4 is 11.8 Å². The van der Waals surface area contributed by atoms with Crippen LogP contribution in [0.5, 0.6) is 5.75 Å². The van der Waals surface area contributed by atoms with E-state index in [1.807, 2.05) is 24.3 Å². The zero-order chi connectivity index (χ0) is 14.8. The number of ether oxygens (including phenoxy) is 1. The summed E-state index contributed by atoms with van der Waals surface area (Å²) in [6.07, 6.45) is -0.457. The van der Waals surface area contributed by atoms with Crippen LogP contribution in [-0.4, -0.2) is 11.9 Å². The molecule has 1 aliphatic heterocycles. The minimum absolute atomic E-state index is 0.0926. The van der Waals surface area contributed by atoms with E-state index >= 15 is 0 Å². The van der Waals surface area contributed by atoms with E-state index in [4.69, 9.17) is 10.6 Å². The fourth-order valence-corrected chi connectivity index (χ4v) is 3.42. The van der Waals surface area contributed by atoms with Gasteiger partial charge in [0.2, 0.25) is 0 Å². The number of hydrogen-bond acceptors (Lipinski definition) is 4. The van der Waals surface area contributed by atoms with Gasteiger partial charge in [0, 0.05) is 16.2 Å². The van der Waals surface area contributed by atoms with Gasteiger partial charge in [-0.2, -0.15) is 0 Å². The molecular formula is C15H14F2N2OS. The van der Waals surface area contributed by atoms with Crippen molar-refractivity contribution in [3.05, 3.63) is 59.7 Å². The number of halogens is 2. The van der Waals surface area contributed by atoms with Gasteiger partial charge < -0.3 is 4.74 Å². The zero-order valence-corrected chi connectivity index (χ0v) is 11.9. The second-order valence-electron chi connectivity index (χ2n) is 4.69. The third-order valence-electron chi connectivity index (χ3n) is 3.39. The third-order valence-corrected chi connectivity index (χ3v) is 4.54. The molecule has 0 fully saturated rings. The minimum Gasteiger partial charge on any atom is -0.486 e. The van der Waals surface area contributed by atoms with Crippen LogP contribution in [0.4, 0.5) is 8.78 Å². The van der Waals surface area contributed by atoms with Gasteiger partial charge >= 0.3 is 0 Å². The van der Waals surface area contributed by atoms with Crippen LogP contribution in [0.2, 0.25) is 0 Å². The maximum atomic E-state index is 13.9. The van der Waals surface area contributed by atoms with Crippen molar-refractivity contribution in [2.45, 2.75) is 17.0 Å². The number of benzene rings is 2. The van der Waals surface area contributed by atoms with Gasteiger partial charge in [-0.25, -0.2) is 14.2 Å². The van der Waals surface area contributed by atoms with Gasteiger partial charge in [-0.05, 0) is 24.3 Å². The Balaban J connectivity index is 1.92. The van der Waals surface area contributed by atoms with E-state index in [0.29, 0.717) is 11.5 Å². The van der Waals surface area contributed by atoms with Gasteiger partial charge in [0.1, 0.15) is 23.5 Å². The summed E-state index contributed by atoms with van der Waals surface area (Å²) < 4.78 is 33.7. The Labute approximate surface area is 125 Å². The standard InChI is InChI=1S/C15H14F2N2OS/c16-9-4-3-5-10(17)14(9)15(19-18)12-8-21-13-7-2-1-6-11(13)20-12/h1-7,12,15,19H,8,18H2. The molecule has 3 rings (SSSR count). The summed E-state index contributed by atoms with van der Waals surface area (Å²) >= 11 is 1.58. The summed E-state index contributed by atoms with van der Waals surface area (Å²) in [6, 6.07) is 10.6. The van der Waals surface area contributed by atoms with Gasteiger partial charge in [-0.3, -0.25) is 5.84 Å². The molecule has 3 N–H and O–H groups in total. The van der Waals surface area contributed by atoms with Crippen LogP contribution in [0, 0.1) is 11.6 Å². The van der Waals surface area contributed by atoms with Gasteiger partial charge in [-0.15, -0.1) is 11.8 Å². The summed E-state index contributed by atoms with van der Waals surface area (Å²) in [5, 5.41) is 0. The smallest absolute Gasteiger partial charge is 0.133 e. The summed E-state index contributed by atoms with van der Waals surface area (Å²) in [7, 11) is 0. The van der Waals surface area contributed by atoms with Crippen LogP contribution in [0.15, 0.2) is 47.4 Å². The highest BCUT2D eigenvalue weighted by atomic mass is 32.2. The predicted molar refractivity (Wildman–Crippen MR) is 78.0 cm³/mol. The first kappa shape index (κ1) is 14.3. The predicted octanol–water partition coefficient (Wildman–Crippen LogP) is 3.02. The molecule has 0 aliphatic carbocycles. The molecule has 0 radical (unpaired) electrons. The first-order valence-corrected chi connectivity index (χ1v) is 7.48. The van der Waals surface area contributed by atoms with Crippen molar-refractivity contribution in [3.63, 3.8) is 0 Å². The third kappa shape index (κ3) is 2.74. The molecule has 2 atom stereocenters. The number of para-hydroxylation sites is 1. The van der Waals surface area contributed by atoms with Crippen LogP contribution in [-0.2, 0) is 0 Å². The number of hydrogen-bond donors (Lipinski definition) is 2. The molecule has 110 valence electrons. The lowest BCUT2D eigenvalue weighted by Crippen LogP contribution is -2.43. The Morgan fingerprint density at radius 2 is 1.86 bits per heavy atom. The number of hydrazine groups is 1. The normalized spacial score (nSPS) is 18.7. The molecule has 6 heteroatoms. The summed E-state index contributed by atoms with van der Waals surface area (Å²) in [4.78, 5) is 1.01. The number of thioether (sulfide) groups is 1. The monoisotopic (exact) mass is 308 g/mol. The lowest BCUT2D eigenvalue weighted by molar-refractivity contribution is 0.162. The van der Waals surface area contributed by atoms with Crippen LogP contribution < -0.4 is 16.0 Å². The lowest BCUT2D eigenvalue weighted by atomic mass is 10.0. The van der Waals surface area contributed by atoms with Crippen molar-refractivity contribution in [1.29, 1.82) is 0 Å². The number of fused-ring (bicyclic) bond motifs is 1. The molecule has 0 spiro atoms. The molecule has 21 heavy (non-hydrogen) atoms. The number of nitrogens with two attached hydrogens (primary N) is 1. The SMILES string of the molecule is NNC(c1c(F)cccc1F)C1CSc2ccccc2O1. The summed E-state index contributed by atoms with van der Waals surface area (Å²) in [5.41, 5.74) is 2.39. The lowest BCUT2D eigenvalue weighted by Gasteiger charge is -2.31. The van der Waals surface area contributed by atoms with Gasteiger partial charge in [-0.1, -0.05) is 18.2 Å². The van der Waals surface area contributed by atoms with E-state index in [1.165, 1.54) is 18.2 Å². The number of nitrogens with one attached hydrogen (secondary N) is 1. The Bertz CT molecular complexity index is 633. The molecule has 0 aromatic heterocycles. The molecule has 2 aromatic rings. The molecule has 0 saturated carbocycles. The van der Waals surface area contributed by atoms with Crippen molar-refractivity contribution in [3.8, 4) is 5.75 Å². The molecular weight excluding hydrogens is 294 g/mol. The molecule has 2 aromatic carbocycles. The van der Waals surface area contributed by atoms with E-state index in [0.717, 1.165) is 4.90 Å². The Morgan fingerprint density at radius 1 is 1.14 bits per heavy atom. The molecule has 0 bridgehead atoms. The Hall–Kier alpha value is -1.63. The van der Waals surface area contributed by atoms with Crippen LogP contribution in [0.25, 0.3) is 0 Å². The van der Waals surface area contributed by atoms with Crippen LogP contribution in [0.3, 0.4) is 0 Å². The Morgan fingerprint density at radius 3 is 2.57 bits per heavy atom. The zero-order valence-electron chi connectivity index (χ0n) is 11.1. The molecule has 1 heterocycles. The fourth-order valence-electron chi connectivity index (χ4n) is 2.38.